The zero-order valence-electron chi connectivity index (χ0n) is 22.1. The van der Waals surface area contributed by atoms with Crippen LogP contribution in [0.3, 0.4) is 0 Å². The molecule has 206 valence electrons. The average Bonchev–Trinajstić information content (AvgIpc) is 3.47. The monoisotopic (exact) mass is 525 g/mol. The molecular weight excluding hydrogens is 486 g/mol. The first-order chi connectivity index (χ1) is 18.4. The number of nitrogens with zero attached hydrogens (tertiary/aromatic N) is 2. The number of methoxy groups -OCH3 is 1. The number of imidazole rings is 1. The van der Waals surface area contributed by atoms with Gasteiger partial charge in [-0.15, -0.1) is 0 Å². The number of carboxylic acids is 1. The molecule has 0 radical (unpaired) electrons. The molecule has 1 aromatic carbocycles. The average molecular weight is 526 g/mol. The maximum atomic E-state index is 13.7. The molecule has 1 saturated heterocycles. The van der Waals surface area contributed by atoms with Gasteiger partial charge in [-0.05, 0) is 49.3 Å². The number of ether oxygens (including phenoxy) is 1. The number of urea groups is 1. The molecule has 0 unspecified atom stereocenters. The first-order valence-electron chi connectivity index (χ1n) is 13.6. The van der Waals surface area contributed by atoms with E-state index in [1.54, 1.807) is 24.5 Å². The second-order valence-corrected chi connectivity index (χ2v) is 10.5. The number of likely N-dealkylation sites (tertiary alicyclic amines) is 1. The quantitative estimate of drug-likeness (QED) is 0.376. The Labute approximate surface area is 223 Å². The molecule has 38 heavy (non-hydrogen) atoms. The van der Waals surface area contributed by atoms with Crippen molar-refractivity contribution >= 4 is 17.9 Å². The number of H-pyrrole nitrogens is 1. The Kier molecular flexibility index (Phi) is 9.25. The number of aromatic amines is 1. The largest absolute Gasteiger partial charge is 0.497 e. The summed E-state index contributed by atoms with van der Waals surface area (Å²) in [5, 5.41) is 15.9. The van der Waals surface area contributed by atoms with E-state index in [1.165, 1.54) is 6.42 Å². The fourth-order valence-corrected chi connectivity index (χ4v) is 5.94. The lowest BCUT2D eigenvalue weighted by molar-refractivity contribution is -0.160. The molecule has 1 aromatic heterocycles. The molecular formula is C28H39N5O5. The van der Waals surface area contributed by atoms with Gasteiger partial charge in [-0.2, -0.15) is 0 Å². The summed E-state index contributed by atoms with van der Waals surface area (Å²) in [5.41, 5.74) is 1.03. The molecule has 0 spiro atoms. The summed E-state index contributed by atoms with van der Waals surface area (Å²) in [6, 6.07) is 6.22. The minimum Gasteiger partial charge on any atom is -0.497 e. The van der Waals surface area contributed by atoms with E-state index in [9.17, 15) is 19.5 Å². The highest BCUT2D eigenvalue weighted by atomic mass is 16.5. The van der Waals surface area contributed by atoms with Gasteiger partial charge in [0.1, 0.15) is 11.8 Å². The Hall–Kier alpha value is -3.56. The standard InChI is InChI=1S/C28H39N5O5/c1-38-23-9-7-20(8-10-23)17-24(32-27(37)30-14-11-22-18-29-19-31-22)25(34)33-15-12-28(13-16-33,26(35)36)21-5-3-2-4-6-21/h7-10,18-19,21,24H,2-6,11-17H2,1H3,(H,29,31)(H,35,36)(H2,30,32,37)/t24-/m0/s1. The number of carbonyl (C=O) groups excluding carboxylic acids is 2. The lowest BCUT2D eigenvalue weighted by Gasteiger charge is -2.45. The summed E-state index contributed by atoms with van der Waals surface area (Å²) < 4.78 is 5.24. The number of rotatable bonds is 10. The third-order valence-corrected chi connectivity index (χ3v) is 8.22. The van der Waals surface area contributed by atoms with Gasteiger partial charge in [-0.1, -0.05) is 31.4 Å². The van der Waals surface area contributed by atoms with Crippen LogP contribution >= 0.6 is 0 Å². The molecule has 2 aromatic rings. The molecule has 2 fully saturated rings. The molecule has 1 atom stereocenters. The van der Waals surface area contributed by atoms with Crippen molar-refractivity contribution in [3.63, 3.8) is 0 Å². The molecule has 3 amide bonds. The number of aromatic nitrogens is 2. The van der Waals surface area contributed by atoms with Crippen molar-refractivity contribution in [1.82, 2.24) is 25.5 Å². The van der Waals surface area contributed by atoms with Gasteiger partial charge >= 0.3 is 12.0 Å². The number of carbonyl (C=O) groups is 3. The van der Waals surface area contributed by atoms with Crippen LogP contribution in [0.25, 0.3) is 0 Å². The highest BCUT2D eigenvalue weighted by molar-refractivity contribution is 5.87. The van der Waals surface area contributed by atoms with Gasteiger partial charge in [0.2, 0.25) is 5.91 Å². The van der Waals surface area contributed by atoms with E-state index >= 15 is 0 Å². The molecule has 2 heterocycles. The number of hydrogen-bond donors (Lipinski definition) is 4. The van der Waals surface area contributed by atoms with Crippen LogP contribution in [-0.2, 0) is 22.4 Å². The fraction of sp³-hybridized carbons (Fsp3) is 0.571. The van der Waals surface area contributed by atoms with Crippen LogP contribution in [-0.4, -0.2) is 70.7 Å². The SMILES string of the molecule is COc1ccc(C[C@H](NC(=O)NCCc2cnc[nH]2)C(=O)N2CCC(C(=O)O)(C3CCCCC3)CC2)cc1. The Bertz CT molecular complexity index is 1060. The highest BCUT2D eigenvalue weighted by Gasteiger charge is 2.48. The van der Waals surface area contributed by atoms with Gasteiger partial charge in [0.05, 0.1) is 18.9 Å². The van der Waals surface area contributed by atoms with Gasteiger partial charge in [0, 0.05) is 44.4 Å². The summed E-state index contributed by atoms with van der Waals surface area (Å²) in [6.45, 7) is 1.15. The molecule has 1 aliphatic heterocycles. The third kappa shape index (κ3) is 6.65. The smallest absolute Gasteiger partial charge is 0.315 e. The molecule has 1 saturated carbocycles. The number of hydrogen-bond acceptors (Lipinski definition) is 5. The van der Waals surface area contributed by atoms with Crippen LogP contribution in [0, 0.1) is 11.3 Å². The minimum atomic E-state index is -0.775. The zero-order valence-corrected chi connectivity index (χ0v) is 22.1. The van der Waals surface area contributed by atoms with Crippen molar-refractivity contribution in [1.29, 1.82) is 0 Å². The van der Waals surface area contributed by atoms with E-state index in [1.807, 2.05) is 24.3 Å². The molecule has 4 N–H and O–H groups in total. The van der Waals surface area contributed by atoms with Crippen molar-refractivity contribution < 1.29 is 24.2 Å². The number of amides is 3. The summed E-state index contributed by atoms with van der Waals surface area (Å²) in [6.07, 6.45) is 10.3. The van der Waals surface area contributed by atoms with E-state index in [0.717, 1.165) is 36.9 Å². The molecule has 10 nitrogen and oxygen atoms in total. The van der Waals surface area contributed by atoms with Gasteiger partial charge in [-0.3, -0.25) is 9.59 Å². The topological polar surface area (TPSA) is 137 Å². The Morgan fingerprint density at radius 1 is 1.16 bits per heavy atom. The van der Waals surface area contributed by atoms with Crippen molar-refractivity contribution in [3.05, 3.63) is 48.0 Å². The van der Waals surface area contributed by atoms with E-state index in [-0.39, 0.29) is 11.8 Å². The summed E-state index contributed by atoms with van der Waals surface area (Å²) >= 11 is 0. The molecule has 1 aliphatic carbocycles. The molecule has 2 aliphatic rings. The fourth-order valence-electron chi connectivity index (χ4n) is 5.94. The van der Waals surface area contributed by atoms with E-state index < -0.39 is 23.5 Å². The number of piperidine rings is 1. The second-order valence-electron chi connectivity index (χ2n) is 10.5. The number of aliphatic carboxylic acids is 1. The zero-order chi connectivity index (χ0) is 27.0. The minimum absolute atomic E-state index is 0.167. The Morgan fingerprint density at radius 3 is 2.47 bits per heavy atom. The lowest BCUT2D eigenvalue weighted by Crippen LogP contribution is -2.56. The first kappa shape index (κ1) is 27.5. The number of carboxylic acid groups (broad SMARTS) is 1. The summed E-state index contributed by atoms with van der Waals surface area (Å²) in [7, 11) is 1.59. The summed E-state index contributed by atoms with van der Waals surface area (Å²) in [4.78, 5) is 47.5. The van der Waals surface area contributed by atoms with E-state index in [0.29, 0.717) is 51.1 Å². The Balaban J connectivity index is 1.41. The molecule has 0 bridgehead atoms. The molecule has 4 rings (SSSR count). The van der Waals surface area contributed by atoms with Gasteiger partial charge in [-0.25, -0.2) is 9.78 Å². The van der Waals surface area contributed by atoms with Crippen molar-refractivity contribution in [2.75, 3.05) is 26.7 Å². The van der Waals surface area contributed by atoms with Gasteiger partial charge < -0.3 is 30.4 Å². The third-order valence-electron chi connectivity index (χ3n) is 8.22. The predicted molar refractivity (Wildman–Crippen MR) is 142 cm³/mol. The number of benzene rings is 1. The van der Waals surface area contributed by atoms with Crippen LogP contribution in [0.15, 0.2) is 36.8 Å². The van der Waals surface area contributed by atoms with Crippen LogP contribution in [0.5, 0.6) is 5.75 Å². The maximum Gasteiger partial charge on any atom is 0.315 e. The first-order valence-corrected chi connectivity index (χ1v) is 13.6. The normalized spacial score (nSPS) is 18.4. The van der Waals surface area contributed by atoms with Crippen molar-refractivity contribution in [2.24, 2.45) is 11.3 Å². The molecule has 10 heteroatoms. The van der Waals surface area contributed by atoms with Gasteiger partial charge in [0.15, 0.2) is 0 Å². The second kappa shape index (κ2) is 12.8. The lowest BCUT2D eigenvalue weighted by atomic mass is 9.64. The highest BCUT2D eigenvalue weighted by Crippen LogP contribution is 2.46. The van der Waals surface area contributed by atoms with E-state index in [4.69, 9.17) is 4.74 Å². The van der Waals surface area contributed by atoms with Gasteiger partial charge in [0.25, 0.3) is 0 Å². The van der Waals surface area contributed by atoms with Crippen LogP contribution in [0.2, 0.25) is 0 Å². The van der Waals surface area contributed by atoms with Crippen molar-refractivity contribution in [3.8, 4) is 5.75 Å². The predicted octanol–water partition coefficient (Wildman–Crippen LogP) is 3.15. The van der Waals surface area contributed by atoms with Crippen LogP contribution in [0.1, 0.15) is 56.2 Å². The summed E-state index contributed by atoms with van der Waals surface area (Å²) in [5.74, 6) is -0.0435. The van der Waals surface area contributed by atoms with E-state index in [2.05, 4.69) is 20.6 Å². The van der Waals surface area contributed by atoms with Crippen LogP contribution in [0.4, 0.5) is 4.79 Å². The maximum absolute atomic E-state index is 13.7. The van der Waals surface area contributed by atoms with Crippen molar-refractivity contribution in [2.45, 2.75) is 63.8 Å². The number of nitrogens with one attached hydrogen (secondary N) is 3. The Morgan fingerprint density at radius 2 is 1.87 bits per heavy atom. The van der Waals surface area contributed by atoms with Crippen LogP contribution < -0.4 is 15.4 Å².